The van der Waals surface area contributed by atoms with E-state index in [1.165, 1.54) is 0 Å². The third-order valence-electron chi connectivity index (χ3n) is 2.99. The van der Waals surface area contributed by atoms with Crippen LogP contribution < -0.4 is 0 Å². The van der Waals surface area contributed by atoms with Crippen molar-refractivity contribution in [1.82, 2.24) is 4.90 Å². The van der Waals surface area contributed by atoms with Crippen molar-refractivity contribution in [3.63, 3.8) is 0 Å². The second-order valence-corrected chi connectivity index (χ2v) is 5.14. The number of nitrogens with zero attached hydrogens (tertiary/aromatic N) is 1. The van der Waals surface area contributed by atoms with Gasteiger partial charge in [-0.25, -0.2) is 0 Å². The predicted molar refractivity (Wildman–Crippen MR) is 74.4 cm³/mol. The number of carbonyl (C=O) groups is 1. The highest BCUT2D eigenvalue weighted by Gasteiger charge is 2.13. The Labute approximate surface area is 117 Å². The van der Waals surface area contributed by atoms with E-state index in [-0.39, 0.29) is 12.5 Å². The molecule has 1 N–H and O–H groups in total. The van der Waals surface area contributed by atoms with Gasteiger partial charge in [0.25, 0.3) is 0 Å². The van der Waals surface area contributed by atoms with Gasteiger partial charge in [-0.1, -0.05) is 29.3 Å². The van der Waals surface area contributed by atoms with E-state index in [1.54, 1.807) is 6.07 Å². The third-order valence-corrected chi connectivity index (χ3v) is 3.73. The van der Waals surface area contributed by atoms with E-state index in [0.29, 0.717) is 16.5 Å². The van der Waals surface area contributed by atoms with Crippen LogP contribution in [-0.4, -0.2) is 29.6 Å². The Hall–Kier alpha value is -0.770. The zero-order valence-corrected chi connectivity index (χ0v) is 12.0. The maximum Gasteiger partial charge on any atom is 0.303 e. The molecule has 100 valence electrons. The minimum Gasteiger partial charge on any atom is -0.481 e. The van der Waals surface area contributed by atoms with E-state index in [2.05, 4.69) is 11.8 Å². The zero-order valence-electron chi connectivity index (χ0n) is 10.5. The second-order valence-electron chi connectivity index (χ2n) is 4.33. The van der Waals surface area contributed by atoms with Crippen LogP contribution in [0.2, 0.25) is 10.0 Å². The van der Waals surface area contributed by atoms with Gasteiger partial charge in [0.05, 0.1) is 10.0 Å². The molecule has 0 fully saturated rings. The molecule has 0 heterocycles. The quantitative estimate of drug-likeness (QED) is 0.865. The van der Waals surface area contributed by atoms with Crippen molar-refractivity contribution >= 4 is 29.2 Å². The van der Waals surface area contributed by atoms with Crippen molar-refractivity contribution in [2.45, 2.75) is 25.8 Å². The molecule has 0 saturated carbocycles. The Morgan fingerprint density at radius 2 is 2.06 bits per heavy atom. The highest BCUT2D eigenvalue weighted by molar-refractivity contribution is 6.42. The number of hydrogen-bond acceptors (Lipinski definition) is 2. The van der Waals surface area contributed by atoms with Gasteiger partial charge in [-0.05, 0) is 44.6 Å². The second kappa shape index (κ2) is 6.98. The number of hydrogen-bond donors (Lipinski definition) is 1. The summed E-state index contributed by atoms with van der Waals surface area (Å²) in [6, 6.07) is 5.74. The molecule has 0 bridgehead atoms. The van der Waals surface area contributed by atoms with Crippen LogP contribution in [0.3, 0.4) is 0 Å². The first-order valence-corrected chi connectivity index (χ1v) is 6.54. The predicted octanol–water partition coefficient (Wildman–Crippen LogP) is 3.85. The molecule has 0 spiro atoms. The van der Waals surface area contributed by atoms with E-state index < -0.39 is 5.97 Å². The zero-order chi connectivity index (χ0) is 13.7. The van der Waals surface area contributed by atoms with Gasteiger partial charge < -0.3 is 5.11 Å². The number of benzene rings is 1. The molecular formula is C13H17Cl2NO2. The molecule has 1 unspecified atom stereocenters. The van der Waals surface area contributed by atoms with E-state index in [0.717, 1.165) is 12.1 Å². The number of carboxylic acid groups (broad SMARTS) is 1. The fraction of sp³-hybridized carbons (Fsp3) is 0.462. The molecule has 5 heteroatoms. The van der Waals surface area contributed by atoms with Crippen LogP contribution in [0.25, 0.3) is 0 Å². The molecule has 0 aliphatic heterocycles. The van der Waals surface area contributed by atoms with Gasteiger partial charge in [0.15, 0.2) is 0 Å². The van der Waals surface area contributed by atoms with Crippen LogP contribution >= 0.6 is 23.2 Å². The molecule has 0 aliphatic rings. The molecule has 0 radical (unpaired) electrons. The smallest absolute Gasteiger partial charge is 0.303 e. The van der Waals surface area contributed by atoms with Crippen LogP contribution in [0, 0.1) is 0 Å². The standard InChI is InChI=1S/C13H17Cl2NO2/c1-9(16(2)7-3-4-13(17)18)10-5-6-11(14)12(15)8-10/h5-6,8-9H,3-4,7H2,1-2H3,(H,17,18). The SMILES string of the molecule is CC(c1ccc(Cl)c(Cl)c1)N(C)CCCC(=O)O. The van der Waals surface area contributed by atoms with Gasteiger partial charge in [0.1, 0.15) is 0 Å². The van der Waals surface area contributed by atoms with Gasteiger partial charge in [0.2, 0.25) is 0 Å². The summed E-state index contributed by atoms with van der Waals surface area (Å²) in [6.07, 6.45) is 0.829. The van der Waals surface area contributed by atoms with E-state index >= 15 is 0 Å². The van der Waals surface area contributed by atoms with Crippen LogP contribution in [-0.2, 0) is 4.79 Å². The van der Waals surface area contributed by atoms with Crippen molar-refractivity contribution in [3.05, 3.63) is 33.8 Å². The van der Waals surface area contributed by atoms with Crippen molar-refractivity contribution in [1.29, 1.82) is 0 Å². The lowest BCUT2D eigenvalue weighted by Gasteiger charge is -2.25. The molecule has 0 aliphatic carbocycles. The molecule has 1 aromatic rings. The molecule has 1 rings (SSSR count). The largest absolute Gasteiger partial charge is 0.481 e. The first-order chi connectivity index (χ1) is 8.41. The lowest BCUT2D eigenvalue weighted by molar-refractivity contribution is -0.137. The van der Waals surface area contributed by atoms with Gasteiger partial charge in [-0.3, -0.25) is 9.69 Å². The van der Waals surface area contributed by atoms with Crippen LogP contribution in [0.1, 0.15) is 31.4 Å². The first kappa shape index (κ1) is 15.3. The molecule has 1 atom stereocenters. The van der Waals surface area contributed by atoms with Crippen molar-refractivity contribution in [2.75, 3.05) is 13.6 Å². The van der Waals surface area contributed by atoms with Crippen LogP contribution in [0.4, 0.5) is 0 Å². The van der Waals surface area contributed by atoms with Gasteiger partial charge in [-0.2, -0.15) is 0 Å². The van der Waals surface area contributed by atoms with Crippen LogP contribution in [0.15, 0.2) is 18.2 Å². The summed E-state index contributed by atoms with van der Waals surface area (Å²) in [4.78, 5) is 12.6. The first-order valence-electron chi connectivity index (χ1n) is 5.78. The monoisotopic (exact) mass is 289 g/mol. The number of aliphatic carboxylic acids is 1. The molecule has 1 aromatic carbocycles. The van der Waals surface area contributed by atoms with E-state index in [1.807, 2.05) is 19.2 Å². The number of halogens is 2. The summed E-state index contributed by atoms with van der Waals surface area (Å²) in [5, 5.41) is 9.68. The minimum absolute atomic E-state index is 0.175. The summed E-state index contributed by atoms with van der Waals surface area (Å²) >= 11 is 11.9. The van der Waals surface area contributed by atoms with Gasteiger partial charge in [0, 0.05) is 12.5 Å². The average Bonchev–Trinajstić information content (AvgIpc) is 2.31. The Morgan fingerprint density at radius 1 is 1.39 bits per heavy atom. The highest BCUT2D eigenvalue weighted by atomic mass is 35.5. The normalized spacial score (nSPS) is 12.7. The van der Waals surface area contributed by atoms with Gasteiger partial charge >= 0.3 is 5.97 Å². The van der Waals surface area contributed by atoms with Crippen molar-refractivity contribution < 1.29 is 9.90 Å². The fourth-order valence-electron chi connectivity index (χ4n) is 1.70. The van der Waals surface area contributed by atoms with Crippen LogP contribution in [0.5, 0.6) is 0 Å². The third kappa shape index (κ3) is 4.48. The number of carboxylic acids is 1. The van der Waals surface area contributed by atoms with Crippen molar-refractivity contribution in [3.8, 4) is 0 Å². The topological polar surface area (TPSA) is 40.5 Å². The summed E-state index contributed by atoms with van der Waals surface area (Å²) in [5.41, 5.74) is 1.07. The Kier molecular flexibility index (Phi) is 5.93. The fourth-order valence-corrected chi connectivity index (χ4v) is 2.01. The Bertz CT molecular complexity index is 423. The molecule has 3 nitrogen and oxygen atoms in total. The molecule has 0 amide bonds. The summed E-state index contributed by atoms with van der Waals surface area (Å²) in [5.74, 6) is -0.759. The molecule has 0 aromatic heterocycles. The molecule has 0 saturated heterocycles. The Morgan fingerprint density at radius 3 is 2.61 bits per heavy atom. The maximum absolute atomic E-state index is 10.5. The molecular weight excluding hydrogens is 273 g/mol. The Balaban J connectivity index is 2.59. The minimum atomic E-state index is -0.759. The average molecular weight is 290 g/mol. The van der Waals surface area contributed by atoms with Crippen molar-refractivity contribution in [2.24, 2.45) is 0 Å². The van der Waals surface area contributed by atoms with E-state index in [4.69, 9.17) is 28.3 Å². The summed E-state index contributed by atoms with van der Waals surface area (Å²) < 4.78 is 0. The van der Waals surface area contributed by atoms with Gasteiger partial charge in [-0.15, -0.1) is 0 Å². The number of rotatable bonds is 6. The molecule has 18 heavy (non-hydrogen) atoms. The summed E-state index contributed by atoms with van der Waals surface area (Å²) in [7, 11) is 1.97. The highest BCUT2D eigenvalue weighted by Crippen LogP contribution is 2.27. The lowest BCUT2D eigenvalue weighted by atomic mass is 10.1. The lowest BCUT2D eigenvalue weighted by Crippen LogP contribution is -2.24. The summed E-state index contributed by atoms with van der Waals surface area (Å²) in [6.45, 7) is 2.79. The van der Waals surface area contributed by atoms with E-state index in [9.17, 15) is 4.79 Å². The maximum atomic E-state index is 10.5.